The van der Waals surface area contributed by atoms with Gasteiger partial charge in [-0.1, -0.05) is 56.7 Å². The van der Waals surface area contributed by atoms with Gasteiger partial charge in [-0.3, -0.25) is 0 Å². The van der Waals surface area contributed by atoms with E-state index >= 15 is 0 Å². The van der Waals surface area contributed by atoms with Gasteiger partial charge in [0.15, 0.2) is 0 Å². The zero-order valence-corrected chi connectivity index (χ0v) is 16.6. The molecule has 2 aromatic rings. The smallest absolute Gasteiger partial charge is 0.337 e. The molecule has 0 unspecified atom stereocenters. The predicted molar refractivity (Wildman–Crippen MR) is 113 cm³/mol. The fourth-order valence-electron chi connectivity index (χ4n) is 4.34. The molecule has 3 heteroatoms. The minimum atomic E-state index is -0.290. The Bertz CT molecular complexity index is 908. The molecule has 0 amide bonds. The van der Waals surface area contributed by atoms with E-state index in [1.807, 2.05) is 18.2 Å². The summed E-state index contributed by atoms with van der Waals surface area (Å²) in [5, 5.41) is 1.26. The van der Waals surface area contributed by atoms with Crippen molar-refractivity contribution in [3.8, 4) is 0 Å². The summed E-state index contributed by atoms with van der Waals surface area (Å²) in [4.78, 5) is 12.0. The van der Waals surface area contributed by atoms with Gasteiger partial charge in [-0.05, 0) is 48.4 Å². The van der Waals surface area contributed by atoms with Crippen molar-refractivity contribution in [1.29, 1.82) is 0 Å². The Hall–Kier alpha value is -2.55. The highest BCUT2D eigenvalue weighted by molar-refractivity contribution is 5.98. The maximum atomic E-state index is 12.0. The average Bonchev–Trinajstić information content (AvgIpc) is 3.31. The molecule has 1 aliphatic carbocycles. The second-order valence-corrected chi connectivity index (χ2v) is 7.19. The molecule has 0 atom stereocenters. The topological polar surface area (TPSA) is 31.2 Å². The van der Waals surface area contributed by atoms with Crippen LogP contribution in [0.1, 0.15) is 66.6 Å². The SMILES string of the molecule is C=C/C=C\C=C(/CC)c1c(C2CCCC2)c2ccc(C(=O)OC)cc2n1C. The molecule has 0 bridgehead atoms. The zero-order chi connectivity index (χ0) is 19.4. The van der Waals surface area contributed by atoms with Crippen LogP contribution in [0.3, 0.4) is 0 Å². The van der Waals surface area contributed by atoms with Crippen LogP contribution in [0.2, 0.25) is 0 Å². The number of nitrogens with zero attached hydrogens (tertiary/aromatic N) is 1. The van der Waals surface area contributed by atoms with E-state index in [0.29, 0.717) is 11.5 Å². The van der Waals surface area contributed by atoms with E-state index in [1.165, 1.54) is 55.0 Å². The number of carbonyl (C=O) groups is 1. The first-order valence-electron chi connectivity index (χ1n) is 9.81. The Labute approximate surface area is 162 Å². The lowest BCUT2D eigenvalue weighted by molar-refractivity contribution is 0.0601. The van der Waals surface area contributed by atoms with E-state index in [1.54, 1.807) is 6.08 Å². The Kier molecular flexibility index (Phi) is 6.00. The van der Waals surface area contributed by atoms with Crippen LogP contribution >= 0.6 is 0 Å². The highest BCUT2D eigenvalue weighted by Crippen LogP contribution is 2.43. The second-order valence-electron chi connectivity index (χ2n) is 7.19. The van der Waals surface area contributed by atoms with Crippen molar-refractivity contribution in [2.75, 3.05) is 7.11 Å². The summed E-state index contributed by atoms with van der Waals surface area (Å²) in [6, 6.07) is 5.96. The van der Waals surface area contributed by atoms with Crippen molar-refractivity contribution < 1.29 is 9.53 Å². The van der Waals surface area contributed by atoms with Crippen molar-refractivity contribution in [2.45, 2.75) is 44.9 Å². The first-order chi connectivity index (χ1) is 13.1. The van der Waals surface area contributed by atoms with Crippen LogP contribution in [0.4, 0.5) is 0 Å². The molecule has 3 rings (SSSR count). The number of benzene rings is 1. The number of rotatable bonds is 6. The molecule has 0 saturated heterocycles. The monoisotopic (exact) mass is 363 g/mol. The molecule has 0 spiro atoms. The summed E-state index contributed by atoms with van der Waals surface area (Å²) >= 11 is 0. The minimum absolute atomic E-state index is 0.290. The summed E-state index contributed by atoms with van der Waals surface area (Å²) in [7, 11) is 3.54. The summed E-state index contributed by atoms with van der Waals surface area (Å²) in [5.74, 6) is 0.299. The molecule has 0 aliphatic heterocycles. The Morgan fingerprint density at radius 3 is 2.67 bits per heavy atom. The molecule has 0 radical (unpaired) electrons. The van der Waals surface area contributed by atoms with Gasteiger partial charge in [-0.15, -0.1) is 0 Å². The van der Waals surface area contributed by atoms with Gasteiger partial charge in [0.1, 0.15) is 0 Å². The van der Waals surface area contributed by atoms with Crippen LogP contribution in [0.25, 0.3) is 16.5 Å². The van der Waals surface area contributed by atoms with Gasteiger partial charge >= 0.3 is 5.97 Å². The maximum absolute atomic E-state index is 12.0. The van der Waals surface area contributed by atoms with Gasteiger partial charge in [0, 0.05) is 23.6 Å². The molecule has 27 heavy (non-hydrogen) atoms. The van der Waals surface area contributed by atoms with Gasteiger partial charge < -0.3 is 9.30 Å². The molecule has 1 heterocycles. The lowest BCUT2D eigenvalue weighted by atomic mass is 9.91. The van der Waals surface area contributed by atoms with Gasteiger partial charge in [-0.25, -0.2) is 4.79 Å². The van der Waals surface area contributed by atoms with Gasteiger partial charge in [0.05, 0.1) is 12.7 Å². The molecular formula is C24H29NO2. The largest absolute Gasteiger partial charge is 0.465 e. The number of hydrogen-bond acceptors (Lipinski definition) is 2. The molecule has 1 aliphatic rings. The first kappa shape index (κ1) is 19.2. The summed E-state index contributed by atoms with van der Waals surface area (Å²) in [6.45, 7) is 5.96. The Morgan fingerprint density at radius 2 is 2.04 bits per heavy atom. The van der Waals surface area contributed by atoms with E-state index < -0.39 is 0 Å². The van der Waals surface area contributed by atoms with Crippen LogP contribution in [-0.2, 0) is 11.8 Å². The fourth-order valence-corrected chi connectivity index (χ4v) is 4.34. The van der Waals surface area contributed by atoms with Crippen LogP contribution < -0.4 is 0 Å². The van der Waals surface area contributed by atoms with Crippen molar-refractivity contribution in [3.63, 3.8) is 0 Å². The number of ether oxygens (including phenoxy) is 1. The standard InChI is InChI=1S/C24H29NO2/c1-5-7-8-11-17(6-2)23-22(18-12-9-10-13-18)20-15-14-19(24(26)27-4)16-21(20)25(23)3/h5,7-8,11,14-16,18H,1,6,9-10,12-13H2,2-4H3/b8-7-,17-11+. The number of allylic oxidation sites excluding steroid dienone is 5. The Balaban J connectivity index is 2.26. The molecule has 0 N–H and O–H groups in total. The number of aryl methyl sites for hydroxylation is 1. The van der Waals surface area contributed by atoms with E-state index in [9.17, 15) is 4.79 Å². The molecule has 3 nitrogen and oxygen atoms in total. The maximum Gasteiger partial charge on any atom is 0.337 e. The zero-order valence-electron chi connectivity index (χ0n) is 16.6. The number of fused-ring (bicyclic) bond motifs is 1. The van der Waals surface area contributed by atoms with E-state index in [-0.39, 0.29) is 5.97 Å². The minimum Gasteiger partial charge on any atom is -0.465 e. The Morgan fingerprint density at radius 1 is 1.30 bits per heavy atom. The third-order valence-electron chi connectivity index (χ3n) is 5.65. The number of aromatic nitrogens is 1. The van der Waals surface area contributed by atoms with Crippen molar-refractivity contribution in [3.05, 3.63) is 65.9 Å². The highest BCUT2D eigenvalue weighted by Gasteiger charge is 2.27. The summed E-state index contributed by atoms with van der Waals surface area (Å²) in [6.07, 6.45) is 14.0. The van der Waals surface area contributed by atoms with Crippen LogP contribution in [-0.4, -0.2) is 17.6 Å². The van der Waals surface area contributed by atoms with Crippen LogP contribution in [0.15, 0.2) is 49.1 Å². The summed E-state index contributed by atoms with van der Waals surface area (Å²) < 4.78 is 7.17. The van der Waals surface area contributed by atoms with Gasteiger partial charge in [0.2, 0.25) is 0 Å². The number of hydrogen-bond donors (Lipinski definition) is 0. The van der Waals surface area contributed by atoms with Gasteiger partial charge in [0.25, 0.3) is 0 Å². The predicted octanol–water partition coefficient (Wildman–Crippen LogP) is 6.16. The highest BCUT2D eigenvalue weighted by atomic mass is 16.5. The molecule has 1 aromatic heterocycles. The average molecular weight is 364 g/mol. The summed E-state index contributed by atoms with van der Waals surface area (Å²) in [5.41, 5.74) is 5.76. The van der Waals surface area contributed by atoms with Gasteiger partial charge in [-0.2, -0.15) is 0 Å². The molecule has 142 valence electrons. The normalized spacial score (nSPS) is 15.7. The fraction of sp³-hybridized carbons (Fsp3) is 0.375. The van der Waals surface area contributed by atoms with Crippen LogP contribution in [0, 0.1) is 0 Å². The third kappa shape index (κ3) is 3.64. The van der Waals surface area contributed by atoms with E-state index in [0.717, 1.165) is 11.9 Å². The molecule has 1 aromatic carbocycles. The molecule has 1 saturated carbocycles. The first-order valence-corrected chi connectivity index (χ1v) is 9.81. The van der Waals surface area contributed by atoms with E-state index in [4.69, 9.17) is 4.74 Å². The number of methoxy groups -OCH3 is 1. The van der Waals surface area contributed by atoms with E-state index in [2.05, 4.69) is 43.3 Å². The second kappa shape index (κ2) is 8.43. The lowest BCUT2D eigenvalue weighted by Crippen LogP contribution is -2.02. The third-order valence-corrected chi connectivity index (χ3v) is 5.65. The quantitative estimate of drug-likeness (QED) is 0.455. The van der Waals surface area contributed by atoms with Crippen molar-refractivity contribution in [1.82, 2.24) is 4.57 Å². The number of carbonyl (C=O) groups excluding carboxylic acids is 1. The van der Waals surface area contributed by atoms with Crippen molar-refractivity contribution in [2.24, 2.45) is 7.05 Å². The van der Waals surface area contributed by atoms with Crippen LogP contribution in [0.5, 0.6) is 0 Å². The van der Waals surface area contributed by atoms with Crippen molar-refractivity contribution >= 4 is 22.4 Å². The lowest BCUT2D eigenvalue weighted by Gasteiger charge is -2.15. The molecular weight excluding hydrogens is 334 g/mol. The molecule has 1 fully saturated rings. The number of esters is 1.